The van der Waals surface area contributed by atoms with Gasteiger partial charge in [0.2, 0.25) is 0 Å². The van der Waals surface area contributed by atoms with Crippen LogP contribution in [-0.4, -0.2) is 0 Å². The highest BCUT2D eigenvalue weighted by Gasteiger charge is 2.39. The largest absolute Gasteiger partial charge is 0.0683 e. The summed E-state index contributed by atoms with van der Waals surface area (Å²) in [4.78, 5) is 0. The Labute approximate surface area is 111 Å². The smallest absolute Gasteiger partial charge is 0.0298 e. The molecule has 0 saturated heterocycles. The lowest BCUT2D eigenvalue weighted by Crippen LogP contribution is -2.37. The normalized spacial score (nSPS) is 29.1. The molecular weight excluding hydrogens is 204 g/mol. The van der Waals surface area contributed by atoms with Gasteiger partial charge in [0, 0.05) is 0 Å². The van der Waals surface area contributed by atoms with Crippen LogP contribution in [0.5, 0.6) is 0 Å². The highest BCUT2D eigenvalue weighted by Crippen LogP contribution is 2.48. The Hall–Kier alpha value is 0. The van der Waals surface area contributed by atoms with E-state index in [9.17, 15) is 0 Å². The summed E-state index contributed by atoms with van der Waals surface area (Å²) in [6.45, 7) is 16.2. The molecule has 0 N–H and O–H groups in total. The van der Waals surface area contributed by atoms with E-state index in [0.29, 0.717) is 5.41 Å². The van der Waals surface area contributed by atoms with E-state index in [4.69, 9.17) is 0 Å². The zero-order valence-corrected chi connectivity index (χ0v) is 13.5. The van der Waals surface area contributed by atoms with Crippen molar-refractivity contribution in [3.05, 3.63) is 0 Å². The van der Waals surface area contributed by atoms with Crippen molar-refractivity contribution in [1.29, 1.82) is 0 Å². The Bertz CT molecular complexity index is 180. The van der Waals surface area contributed by atoms with Crippen LogP contribution in [0.25, 0.3) is 0 Å². The van der Waals surface area contributed by atoms with Crippen LogP contribution in [0.15, 0.2) is 0 Å². The molecule has 0 amide bonds. The third-order valence-electron chi connectivity index (χ3n) is 5.09. The molecule has 1 rings (SSSR count). The van der Waals surface area contributed by atoms with E-state index in [-0.39, 0.29) is 0 Å². The van der Waals surface area contributed by atoms with Crippen LogP contribution in [0.1, 0.15) is 87.0 Å². The minimum Gasteiger partial charge on any atom is -0.0683 e. The summed E-state index contributed by atoms with van der Waals surface area (Å²) in [5.74, 6) is 2.87. The molecule has 1 aliphatic rings. The highest BCUT2D eigenvalue weighted by atomic mass is 14.4. The second-order valence-corrected chi connectivity index (χ2v) is 6.30. The lowest BCUT2D eigenvalue weighted by molar-refractivity contribution is 0.0415. The summed E-state index contributed by atoms with van der Waals surface area (Å²) in [6, 6.07) is 0. The molecule has 1 aliphatic carbocycles. The molecular formula is C17H36. The van der Waals surface area contributed by atoms with E-state index in [2.05, 4.69) is 34.6 Å². The second-order valence-electron chi connectivity index (χ2n) is 6.30. The number of hydrogen-bond donors (Lipinski definition) is 0. The van der Waals surface area contributed by atoms with Crippen molar-refractivity contribution in [1.82, 2.24) is 0 Å². The van der Waals surface area contributed by atoms with Gasteiger partial charge in [-0.15, -0.1) is 0 Å². The lowest BCUT2D eigenvalue weighted by atomic mass is 9.59. The Kier molecular flexibility index (Phi) is 8.16. The molecule has 1 saturated carbocycles. The van der Waals surface area contributed by atoms with Crippen LogP contribution in [-0.2, 0) is 0 Å². The molecule has 0 aliphatic heterocycles. The fourth-order valence-electron chi connectivity index (χ4n) is 3.49. The highest BCUT2D eigenvalue weighted by molar-refractivity contribution is 4.89. The Morgan fingerprint density at radius 3 is 2.06 bits per heavy atom. The third kappa shape index (κ3) is 4.64. The van der Waals surface area contributed by atoms with Gasteiger partial charge in [-0.3, -0.25) is 0 Å². The van der Waals surface area contributed by atoms with E-state index in [1.807, 2.05) is 13.8 Å². The van der Waals surface area contributed by atoms with Crippen LogP contribution in [0.2, 0.25) is 0 Å². The maximum Gasteiger partial charge on any atom is -0.0298 e. The predicted octanol–water partition coefficient (Wildman–Crippen LogP) is 6.30. The van der Waals surface area contributed by atoms with Gasteiger partial charge < -0.3 is 0 Å². The van der Waals surface area contributed by atoms with Crippen LogP contribution in [0, 0.1) is 23.2 Å². The molecule has 0 heterocycles. The van der Waals surface area contributed by atoms with Crippen molar-refractivity contribution >= 4 is 0 Å². The molecule has 0 bridgehead atoms. The zero-order chi connectivity index (χ0) is 13.5. The van der Waals surface area contributed by atoms with E-state index in [0.717, 1.165) is 17.8 Å². The molecule has 0 spiro atoms. The van der Waals surface area contributed by atoms with Crippen molar-refractivity contribution in [3.63, 3.8) is 0 Å². The molecule has 1 fully saturated rings. The third-order valence-corrected chi connectivity index (χ3v) is 5.09. The monoisotopic (exact) mass is 240 g/mol. The first-order valence-electron chi connectivity index (χ1n) is 8.02. The van der Waals surface area contributed by atoms with E-state index in [1.54, 1.807) is 0 Å². The molecule has 0 aromatic heterocycles. The van der Waals surface area contributed by atoms with Crippen molar-refractivity contribution < 1.29 is 0 Å². The van der Waals surface area contributed by atoms with Crippen LogP contribution < -0.4 is 0 Å². The maximum atomic E-state index is 2.52. The first kappa shape index (κ1) is 17.0. The average molecular weight is 240 g/mol. The summed E-state index contributed by atoms with van der Waals surface area (Å²) in [6.07, 6.45) is 8.62. The zero-order valence-electron chi connectivity index (χ0n) is 13.5. The fraction of sp³-hybridized carbons (Fsp3) is 1.00. The van der Waals surface area contributed by atoms with Crippen molar-refractivity contribution in [2.45, 2.75) is 87.0 Å². The van der Waals surface area contributed by atoms with Crippen molar-refractivity contribution in [2.24, 2.45) is 23.2 Å². The Morgan fingerprint density at radius 2 is 1.59 bits per heavy atom. The predicted molar refractivity (Wildman–Crippen MR) is 80.3 cm³/mol. The van der Waals surface area contributed by atoms with Crippen molar-refractivity contribution in [2.75, 3.05) is 0 Å². The van der Waals surface area contributed by atoms with Gasteiger partial charge in [-0.25, -0.2) is 0 Å². The molecule has 17 heavy (non-hydrogen) atoms. The first-order valence-corrected chi connectivity index (χ1v) is 8.02. The van der Waals surface area contributed by atoms with Gasteiger partial charge in [-0.05, 0) is 42.4 Å². The minimum atomic E-state index is 0.594. The number of rotatable bonds is 4. The quantitative estimate of drug-likeness (QED) is 0.541. The van der Waals surface area contributed by atoms with Gasteiger partial charge in [0.25, 0.3) is 0 Å². The maximum absolute atomic E-state index is 2.52. The average Bonchev–Trinajstić information content (AvgIpc) is 2.33. The lowest BCUT2D eigenvalue weighted by Gasteiger charge is -2.46. The summed E-state index contributed by atoms with van der Waals surface area (Å²) in [5.41, 5.74) is 0.594. The van der Waals surface area contributed by atoms with Crippen LogP contribution in [0.4, 0.5) is 0 Å². The van der Waals surface area contributed by atoms with Gasteiger partial charge in [-0.2, -0.15) is 0 Å². The topological polar surface area (TPSA) is 0 Å². The summed E-state index contributed by atoms with van der Waals surface area (Å²) >= 11 is 0. The molecule has 104 valence electrons. The van der Waals surface area contributed by atoms with Gasteiger partial charge in [0.05, 0.1) is 0 Å². The molecule has 0 nitrogen and oxygen atoms in total. The molecule has 0 aromatic carbocycles. The Balaban J connectivity index is 0.00000121. The van der Waals surface area contributed by atoms with E-state index >= 15 is 0 Å². The molecule has 0 aromatic rings. The van der Waals surface area contributed by atoms with Crippen LogP contribution in [0.3, 0.4) is 0 Å². The van der Waals surface area contributed by atoms with Gasteiger partial charge in [0.15, 0.2) is 0 Å². The van der Waals surface area contributed by atoms with Crippen LogP contribution >= 0.6 is 0 Å². The molecule has 3 unspecified atom stereocenters. The Morgan fingerprint density at radius 1 is 1.06 bits per heavy atom. The van der Waals surface area contributed by atoms with E-state index < -0.39 is 0 Å². The first-order chi connectivity index (χ1) is 8.02. The minimum absolute atomic E-state index is 0.594. The fourth-order valence-corrected chi connectivity index (χ4v) is 3.49. The van der Waals surface area contributed by atoms with Gasteiger partial charge in [-0.1, -0.05) is 67.7 Å². The SMILES string of the molecule is CC.CCC(C)CC1CCCC(CC)C1(C)C. The summed E-state index contributed by atoms with van der Waals surface area (Å²) in [7, 11) is 0. The van der Waals surface area contributed by atoms with Gasteiger partial charge >= 0.3 is 0 Å². The summed E-state index contributed by atoms with van der Waals surface area (Å²) < 4.78 is 0. The molecule has 0 radical (unpaired) electrons. The second kappa shape index (κ2) is 8.16. The van der Waals surface area contributed by atoms with Crippen molar-refractivity contribution in [3.8, 4) is 0 Å². The molecule has 0 heteroatoms. The van der Waals surface area contributed by atoms with Gasteiger partial charge in [0.1, 0.15) is 0 Å². The van der Waals surface area contributed by atoms with E-state index in [1.165, 1.54) is 38.5 Å². The number of hydrogen-bond acceptors (Lipinski definition) is 0. The standard InChI is InChI=1S/C15H30.C2H6/c1-6-12(3)11-14-10-8-9-13(7-2)15(14,4)5;1-2/h12-14H,6-11H2,1-5H3;1-2H3. The molecule has 3 atom stereocenters. The summed E-state index contributed by atoms with van der Waals surface area (Å²) in [5, 5.41) is 0.